The lowest BCUT2D eigenvalue weighted by atomic mass is 9.99. The van der Waals surface area contributed by atoms with Crippen LogP contribution in [-0.2, 0) is 4.79 Å². The standard InChI is InChI=1S/C10H22N2O/c1-4-6-7-12-10(13)9(11)8(3)5-2/h8-9H,4-7,11H2,1-3H3,(H,12,13)/t8?,9-/m1/s1. The number of carbonyl (C=O) groups is 1. The first kappa shape index (κ1) is 12.4. The Bertz CT molecular complexity index is 148. The lowest BCUT2D eigenvalue weighted by molar-refractivity contribution is -0.123. The van der Waals surface area contributed by atoms with Gasteiger partial charge in [-0.2, -0.15) is 0 Å². The molecule has 1 unspecified atom stereocenters. The molecule has 0 bridgehead atoms. The Morgan fingerprint density at radius 1 is 1.46 bits per heavy atom. The third kappa shape index (κ3) is 4.88. The highest BCUT2D eigenvalue weighted by Crippen LogP contribution is 2.04. The Hall–Kier alpha value is -0.570. The predicted molar refractivity (Wildman–Crippen MR) is 55.3 cm³/mol. The maximum Gasteiger partial charge on any atom is 0.237 e. The van der Waals surface area contributed by atoms with E-state index in [2.05, 4.69) is 12.2 Å². The lowest BCUT2D eigenvalue weighted by Gasteiger charge is -2.17. The van der Waals surface area contributed by atoms with Gasteiger partial charge in [-0.3, -0.25) is 4.79 Å². The van der Waals surface area contributed by atoms with E-state index in [1.54, 1.807) is 0 Å². The summed E-state index contributed by atoms with van der Waals surface area (Å²) in [6.45, 7) is 6.90. The summed E-state index contributed by atoms with van der Waals surface area (Å²) in [7, 11) is 0. The number of rotatable bonds is 6. The second-order valence-corrected chi connectivity index (χ2v) is 3.56. The minimum Gasteiger partial charge on any atom is -0.355 e. The van der Waals surface area contributed by atoms with Crippen molar-refractivity contribution in [3.8, 4) is 0 Å². The second-order valence-electron chi connectivity index (χ2n) is 3.56. The summed E-state index contributed by atoms with van der Waals surface area (Å²) in [5.74, 6) is 0.254. The van der Waals surface area contributed by atoms with Crippen molar-refractivity contribution < 1.29 is 4.79 Å². The monoisotopic (exact) mass is 186 g/mol. The van der Waals surface area contributed by atoms with Crippen molar-refractivity contribution >= 4 is 5.91 Å². The van der Waals surface area contributed by atoms with Gasteiger partial charge in [0.05, 0.1) is 6.04 Å². The van der Waals surface area contributed by atoms with E-state index in [4.69, 9.17) is 5.73 Å². The Kier molecular flexibility index (Phi) is 6.59. The lowest BCUT2D eigenvalue weighted by Crippen LogP contribution is -2.44. The zero-order valence-corrected chi connectivity index (χ0v) is 8.97. The number of nitrogens with one attached hydrogen (secondary N) is 1. The molecule has 0 radical (unpaired) electrons. The predicted octanol–water partition coefficient (Wildman–Crippen LogP) is 1.28. The maximum atomic E-state index is 11.4. The molecule has 0 aliphatic rings. The van der Waals surface area contributed by atoms with Crippen LogP contribution in [0.4, 0.5) is 0 Å². The van der Waals surface area contributed by atoms with Crippen LogP contribution in [-0.4, -0.2) is 18.5 Å². The fourth-order valence-corrected chi connectivity index (χ4v) is 1.02. The summed E-state index contributed by atoms with van der Waals surface area (Å²) in [6, 6.07) is -0.346. The first-order valence-electron chi connectivity index (χ1n) is 5.16. The highest BCUT2D eigenvalue weighted by atomic mass is 16.2. The molecule has 2 atom stereocenters. The number of nitrogens with two attached hydrogens (primary N) is 1. The average molecular weight is 186 g/mol. The summed E-state index contributed by atoms with van der Waals surface area (Å²) < 4.78 is 0. The van der Waals surface area contributed by atoms with Crippen molar-refractivity contribution in [3.05, 3.63) is 0 Å². The molecular weight excluding hydrogens is 164 g/mol. The van der Waals surface area contributed by atoms with Gasteiger partial charge >= 0.3 is 0 Å². The van der Waals surface area contributed by atoms with E-state index in [9.17, 15) is 4.79 Å². The zero-order valence-electron chi connectivity index (χ0n) is 8.97. The van der Waals surface area contributed by atoms with Gasteiger partial charge in [0.2, 0.25) is 5.91 Å². The SMILES string of the molecule is CCCCNC(=O)[C@H](N)C(C)CC. The first-order valence-corrected chi connectivity index (χ1v) is 5.16. The van der Waals surface area contributed by atoms with Crippen LogP contribution in [0.5, 0.6) is 0 Å². The van der Waals surface area contributed by atoms with E-state index in [0.29, 0.717) is 0 Å². The molecule has 0 spiro atoms. The van der Waals surface area contributed by atoms with Gasteiger partial charge in [-0.15, -0.1) is 0 Å². The van der Waals surface area contributed by atoms with E-state index in [0.717, 1.165) is 25.8 Å². The maximum absolute atomic E-state index is 11.4. The normalized spacial score (nSPS) is 15.1. The van der Waals surface area contributed by atoms with E-state index in [1.807, 2.05) is 13.8 Å². The van der Waals surface area contributed by atoms with Gasteiger partial charge in [0.15, 0.2) is 0 Å². The van der Waals surface area contributed by atoms with E-state index >= 15 is 0 Å². The fraction of sp³-hybridized carbons (Fsp3) is 0.900. The molecule has 0 aromatic rings. The molecule has 0 aromatic heterocycles. The average Bonchev–Trinajstić information content (AvgIpc) is 2.15. The van der Waals surface area contributed by atoms with E-state index in [-0.39, 0.29) is 17.9 Å². The van der Waals surface area contributed by atoms with Crippen molar-refractivity contribution in [2.75, 3.05) is 6.54 Å². The van der Waals surface area contributed by atoms with Gasteiger partial charge in [-0.1, -0.05) is 33.6 Å². The van der Waals surface area contributed by atoms with Gasteiger partial charge in [-0.05, 0) is 12.3 Å². The molecule has 0 rings (SSSR count). The topological polar surface area (TPSA) is 55.1 Å². The first-order chi connectivity index (χ1) is 6.13. The number of carbonyl (C=O) groups excluding carboxylic acids is 1. The van der Waals surface area contributed by atoms with Crippen molar-refractivity contribution in [1.82, 2.24) is 5.32 Å². The van der Waals surface area contributed by atoms with Crippen LogP contribution in [0.25, 0.3) is 0 Å². The van der Waals surface area contributed by atoms with E-state index in [1.165, 1.54) is 0 Å². The third-order valence-electron chi connectivity index (χ3n) is 2.39. The minimum absolute atomic E-state index is 0.0113. The van der Waals surface area contributed by atoms with Gasteiger partial charge < -0.3 is 11.1 Å². The number of amides is 1. The molecular formula is C10H22N2O. The van der Waals surface area contributed by atoms with Crippen LogP contribution in [0, 0.1) is 5.92 Å². The minimum atomic E-state index is -0.346. The molecule has 0 saturated carbocycles. The van der Waals surface area contributed by atoms with Crippen LogP contribution >= 0.6 is 0 Å². The third-order valence-corrected chi connectivity index (χ3v) is 2.39. The van der Waals surface area contributed by atoms with Crippen LogP contribution < -0.4 is 11.1 Å². The van der Waals surface area contributed by atoms with Gasteiger partial charge in [0.1, 0.15) is 0 Å². The van der Waals surface area contributed by atoms with Crippen LogP contribution in [0.2, 0.25) is 0 Å². The number of hydrogen-bond donors (Lipinski definition) is 2. The van der Waals surface area contributed by atoms with Crippen LogP contribution in [0.15, 0.2) is 0 Å². The van der Waals surface area contributed by atoms with Crippen molar-refractivity contribution in [3.63, 3.8) is 0 Å². The van der Waals surface area contributed by atoms with Crippen LogP contribution in [0.1, 0.15) is 40.0 Å². The quantitative estimate of drug-likeness (QED) is 0.614. The summed E-state index contributed by atoms with van der Waals surface area (Å²) in [4.78, 5) is 11.4. The Balaban J connectivity index is 3.69. The molecule has 3 nitrogen and oxygen atoms in total. The molecule has 3 N–H and O–H groups in total. The summed E-state index contributed by atoms with van der Waals surface area (Å²) >= 11 is 0. The molecule has 0 fully saturated rings. The molecule has 78 valence electrons. The molecule has 0 aromatic carbocycles. The number of unbranched alkanes of at least 4 members (excludes halogenated alkanes) is 1. The molecule has 0 heterocycles. The molecule has 1 amide bonds. The molecule has 3 heteroatoms. The van der Waals surface area contributed by atoms with E-state index < -0.39 is 0 Å². The Labute approximate surface area is 81.1 Å². The zero-order chi connectivity index (χ0) is 10.3. The fourth-order valence-electron chi connectivity index (χ4n) is 1.02. The summed E-state index contributed by atoms with van der Waals surface area (Å²) in [5, 5.41) is 2.83. The largest absolute Gasteiger partial charge is 0.355 e. The second kappa shape index (κ2) is 6.89. The molecule has 0 saturated heterocycles. The Morgan fingerprint density at radius 3 is 2.54 bits per heavy atom. The summed E-state index contributed by atoms with van der Waals surface area (Å²) in [5.41, 5.74) is 5.74. The van der Waals surface area contributed by atoms with Gasteiger partial charge in [0.25, 0.3) is 0 Å². The molecule has 0 aliphatic heterocycles. The van der Waals surface area contributed by atoms with Gasteiger partial charge in [0, 0.05) is 6.54 Å². The summed E-state index contributed by atoms with van der Waals surface area (Å²) in [6.07, 6.45) is 3.07. The molecule has 13 heavy (non-hydrogen) atoms. The highest BCUT2D eigenvalue weighted by molar-refractivity contribution is 5.81. The van der Waals surface area contributed by atoms with Crippen molar-refractivity contribution in [2.24, 2.45) is 11.7 Å². The molecule has 0 aliphatic carbocycles. The smallest absolute Gasteiger partial charge is 0.237 e. The van der Waals surface area contributed by atoms with Crippen LogP contribution in [0.3, 0.4) is 0 Å². The van der Waals surface area contributed by atoms with Crippen molar-refractivity contribution in [2.45, 2.75) is 46.1 Å². The van der Waals surface area contributed by atoms with Crippen molar-refractivity contribution in [1.29, 1.82) is 0 Å². The number of hydrogen-bond acceptors (Lipinski definition) is 2. The van der Waals surface area contributed by atoms with Gasteiger partial charge in [-0.25, -0.2) is 0 Å². The highest BCUT2D eigenvalue weighted by Gasteiger charge is 2.18. The Morgan fingerprint density at radius 2 is 2.08 bits per heavy atom.